The van der Waals surface area contributed by atoms with Crippen LogP contribution in [-0.4, -0.2) is 55.5 Å². The number of amides is 1. The number of alkyl carbamates (subject to hydrolysis) is 1. The molecule has 4 aliphatic rings. The van der Waals surface area contributed by atoms with Crippen molar-refractivity contribution in [2.24, 2.45) is 46.3 Å². The molecule has 0 aromatic heterocycles. The second-order valence-electron chi connectivity index (χ2n) is 14.6. The maximum atomic E-state index is 12.5. The summed E-state index contributed by atoms with van der Waals surface area (Å²) in [6.07, 6.45) is 17.9. The zero-order valence-electron chi connectivity index (χ0n) is 26.1. The van der Waals surface area contributed by atoms with Gasteiger partial charge in [0.1, 0.15) is 6.10 Å². The number of nitrogens with zero attached hydrogens (tertiary/aromatic N) is 1. The first-order chi connectivity index (χ1) is 18.6. The van der Waals surface area contributed by atoms with Gasteiger partial charge in [0.2, 0.25) is 0 Å². The molecule has 0 aromatic rings. The Labute approximate surface area is 239 Å². The van der Waals surface area contributed by atoms with Gasteiger partial charge in [-0.25, -0.2) is 4.79 Å². The van der Waals surface area contributed by atoms with Crippen molar-refractivity contribution in [3.63, 3.8) is 0 Å². The molecule has 2 N–H and O–H groups in total. The highest BCUT2D eigenvalue weighted by Crippen LogP contribution is 2.66. The van der Waals surface area contributed by atoms with E-state index in [4.69, 9.17) is 9.84 Å². The largest absolute Gasteiger partial charge is 0.446 e. The van der Waals surface area contributed by atoms with Gasteiger partial charge in [-0.1, -0.05) is 65.5 Å². The predicted octanol–water partition coefficient (Wildman–Crippen LogP) is 7.44. The van der Waals surface area contributed by atoms with E-state index in [1.165, 1.54) is 57.8 Å². The maximum Gasteiger partial charge on any atom is 0.407 e. The van der Waals surface area contributed by atoms with Crippen molar-refractivity contribution in [2.45, 2.75) is 118 Å². The summed E-state index contributed by atoms with van der Waals surface area (Å²) in [5.41, 5.74) is 2.41. The Hall–Kier alpha value is -1.07. The number of hydrogen-bond acceptors (Lipinski definition) is 4. The van der Waals surface area contributed by atoms with Crippen LogP contribution < -0.4 is 5.32 Å². The first-order valence-electron chi connectivity index (χ1n) is 16.6. The lowest BCUT2D eigenvalue weighted by molar-refractivity contribution is -0.0520. The number of hydrogen-bond donors (Lipinski definition) is 2. The summed E-state index contributed by atoms with van der Waals surface area (Å²) in [6, 6.07) is 0. The highest BCUT2D eigenvalue weighted by Gasteiger charge is 2.58. The molecule has 5 heteroatoms. The first kappa shape index (κ1) is 30.9. The Kier molecular flexibility index (Phi) is 10.5. The standard InChI is InChI=1S/C34H60N2O3/c1-7-25(24(2)3)9-8-10-26-12-14-30-29-13-11-27-23-28(39-32(38)35-19-20-36(6)21-22-37)15-17-34(27,5)31(29)16-18-33(26,30)4/h11,24-26,28-31,37H,7-10,12-23H2,1-6H3,(H,35,38). The highest BCUT2D eigenvalue weighted by molar-refractivity contribution is 5.67. The minimum atomic E-state index is -0.292. The molecule has 0 spiro atoms. The third kappa shape index (κ3) is 6.71. The van der Waals surface area contributed by atoms with Gasteiger partial charge in [0.05, 0.1) is 6.61 Å². The van der Waals surface area contributed by atoms with Crippen molar-refractivity contribution >= 4 is 6.09 Å². The molecule has 1 amide bonds. The van der Waals surface area contributed by atoms with E-state index in [-0.39, 0.29) is 24.2 Å². The smallest absolute Gasteiger partial charge is 0.407 e. The molecule has 3 fully saturated rings. The molecule has 0 aromatic carbocycles. The number of fused-ring (bicyclic) bond motifs is 5. The van der Waals surface area contributed by atoms with E-state index in [0.29, 0.717) is 25.0 Å². The van der Waals surface area contributed by atoms with E-state index in [1.54, 1.807) is 5.57 Å². The lowest BCUT2D eigenvalue weighted by Crippen LogP contribution is -2.50. The van der Waals surface area contributed by atoms with Crippen LogP contribution in [0, 0.1) is 46.3 Å². The van der Waals surface area contributed by atoms with Gasteiger partial charge in [0.25, 0.3) is 0 Å². The minimum Gasteiger partial charge on any atom is -0.446 e. The van der Waals surface area contributed by atoms with Gasteiger partial charge in [-0.05, 0) is 105 Å². The van der Waals surface area contributed by atoms with Crippen molar-refractivity contribution in [3.8, 4) is 0 Å². The van der Waals surface area contributed by atoms with Crippen LogP contribution in [0.2, 0.25) is 0 Å². The molecule has 0 bridgehead atoms. The molecule has 4 rings (SSSR count). The normalized spacial score (nSPS) is 36.6. The summed E-state index contributed by atoms with van der Waals surface area (Å²) in [6.45, 7) is 14.4. The Morgan fingerprint density at radius 3 is 2.67 bits per heavy atom. The second-order valence-corrected chi connectivity index (χ2v) is 14.6. The average molecular weight is 545 g/mol. The SMILES string of the molecule is CCC(CCCC1CCC2C3CC=C4CC(OC(=O)NCCN(C)CCO)CCC4(C)C3CCC12C)C(C)C. The van der Waals surface area contributed by atoms with Crippen LogP contribution in [0.1, 0.15) is 112 Å². The van der Waals surface area contributed by atoms with E-state index < -0.39 is 0 Å². The van der Waals surface area contributed by atoms with E-state index in [1.807, 2.05) is 11.9 Å². The van der Waals surface area contributed by atoms with Crippen LogP contribution in [0.4, 0.5) is 4.79 Å². The third-order valence-corrected chi connectivity index (χ3v) is 12.4. The molecule has 8 unspecified atom stereocenters. The molecule has 3 saturated carbocycles. The Balaban J connectivity index is 1.31. The number of carbonyl (C=O) groups excluding carboxylic acids is 1. The molecule has 0 radical (unpaired) electrons. The third-order valence-electron chi connectivity index (χ3n) is 12.4. The molecule has 0 aliphatic heterocycles. The number of carbonyl (C=O) groups is 1. The van der Waals surface area contributed by atoms with Crippen LogP contribution in [-0.2, 0) is 4.74 Å². The summed E-state index contributed by atoms with van der Waals surface area (Å²) in [5, 5.41) is 11.9. The van der Waals surface area contributed by atoms with E-state index >= 15 is 0 Å². The number of ether oxygens (including phenoxy) is 1. The van der Waals surface area contributed by atoms with Gasteiger partial charge in [0.15, 0.2) is 0 Å². The zero-order valence-corrected chi connectivity index (χ0v) is 26.1. The number of likely N-dealkylation sites (N-methyl/N-ethyl adjacent to an activating group) is 1. The van der Waals surface area contributed by atoms with Crippen molar-refractivity contribution < 1.29 is 14.6 Å². The lowest BCUT2D eigenvalue weighted by atomic mass is 9.47. The van der Waals surface area contributed by atoms with Gasteiger partial charge >= 0.3 is 6.09 Å². The summed E-state index contributed by atoms with van der Waals surface area (Å²) >= 11 is 0. The Morgan fingerprint density at radius 2 is 1.95 bits per heavy atom. The van der Waals surface area contributed by atoms with Gasteiger partial charge in [-0.15, -0.1) is 0 Å². The van der Waals surface area contributed by atoms with Crippen LogP contribution in [0.25, 0.3) is 0 Å². The molecule has 39 heavy (non-hydrogen) atoms. The molecule has 0 saturated heterocycles. The van der Waals surface area contributed by atoms with Crippen LogP contribution in [0.5, 0.6) is 0 Å². The fraction of sp³-hybridized carbons (Fsp3) is 0.912. The monoisotopic (exact) mass is 544 g/mol. The topological polar surface area (TPSA) is 61.8 Å². The molecule has 4 aliphatic carbocycles. The van der Waals surface area contributed by atoms with Crippen molar-refractivity contribution in [2.75, 3.05) is 33.3 Å². The second kappa shape index (κ2) is 13.3. The van der Waals surface area contributed by atoms with Gasteiger partial charge in [-0.3, -0.25) is 0 Å². The maximum absolute atomic E-state index is 12.5. The number of allylic oxidation sites excluding steroid dienone is 1. The van der Waals surface area contributed by atoms with Crippen LogP contribution in [0.15, 0.2) is 11.6 Å². The minimum absolute atomic E-state index is 0.00134. The van der Waals surface area contributed by atoms with Gasteiger partial charge in [-0.2, -0.15) is 0 Å². The molecule has 8 atom stereocenters. The summed E-state index contributed by atoms with van der Waals surface area (Å²) in [7, 11) is 1.95. The van der Waals surface area contributed by atoms with E-state index in [0.717, 1.165) is 54.8 Å². The predicted molar refractivity (Wildman–Crippen MR) is 161 cm³/mol. The van der Waals surface area contributed by atoms with Gasteiger partial charge in [0, 0.05) is 26.1 Å². The Morgan fingerprint density at radius 1 is 1.15 bits per heavy atom. The quantitative estimate of drug-likeness (QED) is 0.251. The fourth-order valence-electron chi connectivity index (χ4n) is 9.77. The molecule has 5 nitrogen and oxygen atoms in total. The summed E-state index contributed by atoms with van der Waals surface area (Å²) < 4.78 is 5.88. The molecular weight excluding hydrogens is 484 g/mol. The summed E-state index contributed by atoms with van der Waals surface area (Å²) in [5.74, 6) is 5.19. The average Bonchev–Trinajstić information content (AvgIpc) is 3.23. The van der Waals surface area contributed by atoms with E-state index in [2.05, 4.69) is 46.0 Å². The molecule has 0 heterocycles. The van der Waals surface area contributed by atoms with Crippen molar-refractivity contribution in [3.05, 3.63) is 11.6 Å². The number of rotatable bonds is 12. The fourth-order valence-corrected chi connectivity index (χ4v) is 9.77. The highest BCUT2D eigenvalue weighted by atomic mass is 16.6. The zero-order chi connectivity index (χ0) is 28.2. The van der Waals surface area contributed by atoms with Crippen molar-refractivity contribution in [1.29, 1.82) is 0 Å². The molecular formula is C34H60N2O3. The van der Waals surface area contributed by atoms with Gasteiger partial charge < -0.3 is 20.1 Å². The van der Waals surface area contributed by atoms with Crippen molar-refractivity contribution in [1.82, 2.24) is 10.2 Å². The Bertz CT molecular complexity index is 842. The van der Waals surface area contributed by atoms with Crippen LogP contribution >= 0.6 is 0 Å². The number of aliphatic hydroxyl groups is 1. The number of aliphatic hydroxyl groups excluding tert-OH is 1. The lowest BCUT2D eigenvalue weighted by Gasteiger charge is -2.58. The summed E-state index contributed by atoms with van der Waals surface area (Å²) in [4.78, 5) is 14.5. The first-order valence-corrected chi connectivity index (χ1v) is 16.6. The van der Waals surface area contributed by atoms with Crippen LogP contribution in [0.3, 0.4) is 0 Å². The molecule has 224 valence electrons. The number of nitrogens with one attached hydrogen (secondary N) is 1. The van der Waals surface area contributed by atoms with E-state index in [9.17, 15) is 4.79 Å².